The predicted molar refractivity (Wildman–Crippen MR) is 104 cm³/mol. The Hall–Kier alpha value is -2.12. The van der Waals surface area contributed by atoms with Gasteiger partial charge in [0.2, 0.25) is 0 Å². The Morgan fingerprint density at radius 1 is 1.15 bits per heavy atom. The lowest BCUT2D eigenvalue weighted by Crippen LogP contribution is -2.44. The van der Waals surface area contributed by atoms with E-state index in [1.165, 1.54) is 0 Å². The topological polar surface area (TPSA) is 87.7 Å². The summed E-state index contributed by atoms with van der Waals surface area (Å²) in [4.78, 5) is 24.5. The number of carbonyl (C=O) groups excluding carboxylic acids is 2. The highest BCUT2D eigenvalue weighted by Gasteiger charge is 2.27. The Labute approximate surface area is 161 Å². The number of nitrogens with one attached hydrogen (secondary N) is 1. The van der Waals surface area contributed by atoms with Crippen LogP contribution < -0.4 is 5.32 Å². The van der Waals surface area contributed by atoms with Crippen LogP contribution in [0.1, 0.15) is 45.6 Å². The molecule has 0 aliphatic carbocycles. The molecule has 0 saturated carbocycles. The fourth-order valence-electron chi connectivity index (χ4n) is 2.37. The van der Waals surface area contributed by atoms with Gasteiger partial charge in [-0.3, -0.25) is 0 Å². The van der Waals surface area contributed by atoms with Crippen molar-refractivity contribution in [2.75, 3.05) is 20.6 Å². The minimum atomic E-state index is -0.810. The van der Waals surface area contributed by atoms with Crippen LogP contribution in [0.3, 0.4) is 0 Å². The van der Waals surface area contributed by atoms with Crippen molar-refractivity contribution in [1.82, 2.24) is 5.32 Å². The molecule has 0 heterocycles. The fraction of sp³-hybridized carbons (Fsp3) is 0.600. The third-order valence-electron chi connectivity index (χ3n) is 3.64. The van der Waals surface area contributed by atoms with E-state index < -0.39 is 23.7 Å². The number of benzene rings is 1. The maximum absolute atomic E-state index is 12.4. The monoisotopic (exact) mass is 380 g/mol. The lowest BCUT2D eigenvalue weighted by Gasteiger charge is -2.33. The summed E-state index contributed by atoms with van der Waals surface area (Å²) in [6.45, 7) is 5.88. The molecule has 0 bridgehead atoms. The number of carbonyl (C=O) groups is 2. The molecule has 0 spiro atoms. The number of quaternary nitrogens is 1. The summed E-state index contributed by atoms with van der Waals surface area (Å²) in [7, 11) is 3.15. The Bertz CT molecular complexity index is 591. The minimum Gasteiger partial charge on any atom is -0.633 e. The first kappa shape index (κ1) is 22.9. The SMILES string of the molecule is CC(C)(C)OC(=O)[C@H](CCCC[N+](C)(C)[O-])NC(=O)OCc1ccccc1. The Balaban J connectivity index is 2.57. The van der Waals surface area contributed by atoms with Crippen molar-refractivity contribution < 1.29 is 23.7 Å². The Morgan fingerprint density at radius 3 is 2.33 bits per heavy atom. The van der Waals surface area contributed by atoms with Crippen molar-refractivity contribution in [1.29, 1.82) is 0 Å². The molecule has 7 heteroatoms. The number of esters is 1. The van der Waals surface area contributed by atoms with Gasteiger partial charge in [0.05, 0.1) is 20.6 Å². The summed E-state index contributed by atoms with van der Waals surface area (Å²) in [6.07, 6.45) is 0.980. The molecule has 7 nitrogen and oxygen atoms in total. The molecule has 1 aromatic carbocycles. The maximum Gasteiger partial charge on any atom is 0.408 e. The summed E-state index contributed by atoms with van der Waals surface area (Å²) in [5.74, 6) is -0.505. The quantitative estimate of drug-likeness (QED) is 0.307. The van der Waals surface area contributed by atoms with Gasteiger partial charge in [-0.2, -0.15) is 0 Å². The number of nitrogens with zero attached hydrogens (tertiary/aromatic N) is 1. The first-order valence-corrected chi connectivity index (χ1v) is 9.20. The molecule has 0 fully saturated rings. The molecule has 0 radical (unpaired) electrons. The number of hydrogen-bond donors (Lipinski definition) is 1. The molecular formula is C20H32N2O5. The van der Waals surface area contributed by atoms with E-state index in [0.717, 1.165) is 5.56 Å². The van der Waals surface area contributed by atoms with Crippen molar-refractivity contribution in [2.24, 2.45) is 0 Å². The van der Waals surface area contributed by atoms with E-state index in [1.54, 1.807) is 34.9 Å². The molecule has 0 aliphatic heterocycles. The zero-order valence-electron chi connectivity index (χ0n) is 17.0. The van der Waals surface area contributed by atoms with Crippen LogP contribution in [-0.4, -0.2) is 49.0 Å². The highest BCUT2D eigenvalue weighted by atomic mass is 16.6. The van der Waals surface area contributed by atoms with Crippen molar-refractivity contribution in [3.8, 4) is 0 Å². The zero-order chi connectivity index (χ0) is 20.5. The van der Waals surface area contributed by atoms with Crippen LogP contribution in [0.4, 0.5) is 4.79 Å². The summed E-state index contributed by atoms with van der Waals surface area (Å²) in [6, 6.07) is 8.48. The van der Waals surface area contributed by atoms with Gasteiger partial charge in [0.25, 0.3) is 0 Å². The normalized spacial score (nSPS) is 13.0. The predicted octanol–water partition coefficient (Wildman–Crippen LogP) is 3.37. The van der Waals surface area contributed by atoms with Crippen LogP contribution in [0, 0.1) is 5.21 Å². The average molecular weight is 380 g/mol. The average Bonchev–Trinajstić information content (AvgIpc) is 2.54. The maximum atomic E-state index is 12.4. The summed E-state index contributed by atoms with van der Waals surface area (Å²) < 4.78 is 10.2. The molecule has 27 heavy (non-hydrogen) atoms. The van der Waals surface area contributed by atoms with Gasteiger partial charge in [0, 0.05) is 0 Å². The van der Waals surface area contributed by atoms with Gasteiger partial charge in [0.1, 0.15) is 18.2 Å². The molecule has 1 aromatic rings. The van der Waals surface area contributed by atoms with E-state index in [4.69, 9.17) is 9.47 Å². The third kappa shape index (κ3) is 11.2. The molecule has 1 amide bonds. The second-order valence-corrected chi connectivity index (χ2v) is 8.09. The summed E-state index contributed by atoms with van der Waals surface area (Å²) in [5.41, 5.74) is 0.204. The lowest BCUT2D eigenvalue weighted by molar-refractivity contribution is -0.840. The second kappa shape index (κ2) is 10.3. The van der Waals surface area contributed by atoms with Crippen LogP contribution >= 0.6 is 0 Å². The van der Waals surface area contributed by atoms with Crippen molar-refractivity contribution >= 4 is 12.1 Å². The highest BCUT2D eigenvalue weighted by Crippen LogP contribution is 2.13. The third-order valence-corrected chi connectivity index (χ3v) is 3.64. The first-order valence-electron chi connectivity index (χ1n) is 9.20. The largest absolute Gasteiger partial charge is 0.633 e. The van der Waals surface area contributed by atoms with E-state index in [0.29, 0.717) is 25.8 Å². The fourth-order valence-corrected chi connectivity index (χ4v) is 2.37. The van der Waals surface area contributed by atoms with Crippen LogP contribution in [0.15, 0.2) is 30.3 Å². The number of unbranched alkanes of at least 4 members (excludes halogenated alkanes) is 1. The number of ether oxygens (including phenoxy) is 2. The lowest BCUT2D eigenvalue weighted by atomic mass is 10.1. The van der Waals surface area contributed by atoms with E-state index in [-0.39, 0.29) is 11.3 Å². The van der Waals surface area contributed by atoms with Gasteiger partial charge in [-0.05, 0) is 45.6 Å². The number of amides is 1. The van der Waals surface area contributed by atoms with Crippen molar-refractivity contribution in [3.63, 3.8) is 0 Å². The number of rotatable bonds is 9. The van der Waals surface area contributed by atoms with Gasteiger partial charge < -0.3 is 24.6 Å². The summed E-state index contributed by atoms with van der Waals surface area (Å²) in [5, 5.41) is 14.2. The van der Waals surface area contributed by atoms with E-state index >= 15 is 0 Å². The molecule has 0 unspecified atom stereocenters. The molecular weight excluding hydrogens is 348 g/mol. The van der Waals surface area contributed by atoms with Gasteiger partial charge in [-0.25, -0.2) is 9.59 Å². The van der Waals surface area contributed by atoms with E-state index in [2.05, 4.69) is 5.32 Å². The summed E-state index contributed by atoms with van der Waals surface area (Å²) >= 11 is 0. The van der Waals surface area contributed by atoms with Crippen LogP contribution in [-0.2, 0) is 20.9 Å². The highest BCUT2D eigenvalue weighted by molar-refractivity contribution is 5.81. The van der Waals surface area contributed by atoms with Gasteiger partial charge >= 0.3 is 12.1 Å². The Morgan fingerprint density at radius 2 is 1.78 bits per heavy atom. The first-order chi connectivity index (χ1) is 12.5. The molecule has 152 valence electrons. The van der Waals surface area contributed by atoms with E-state index in [1.807, 2.05) is 30.3 Å². The zero-order valence-corrected chi connectivity index (χ0v) is 17.0. The van der Waals surface area contributed by atoms with Crippen molar-refractivity contribution in [3.05, 3.63) is 41.1 Å². The van der Waals surface area contributed by atoms with Crippen LogP contribution in [0.2, 0.25) is 0 Å². The molecule has 1 N–H and O–H groups in total. The van der Waals surface area contributed by atoms with Gasteiger partial charge in [-0.15, -0.1) is 0 Å². The molecule has 0 aromatic heterocycles. The second-order valence-electron chi connectivity index (χ2n) is 8.09. The van der Waals surface area contributed by atoms with Crippen LogP contribution in [0.5, 0.6) is 0 Å². The minimum absolute atomic E-state index is 0.121. The number of alkyl carbamates (subject to hydrolysis) is 1. The molecule has 0 aliphatic rings. The molecule has 1 rings (SSSR count). The number of hydroxylamine groups is 3. The molecule has 0 saturated heterocycles. The van der Waals surface area contributed by atoms with E-state index in [9.17, 15) is 14.8 Å². The Kier molecular flexibility index (Phi) is 8.72. The van der Waals surface area contributed by atoms with Gasteiger partial charge in [0.15, 0.2) is 0 Å². The molecule has 1 atom stereocenters. The van der Waals surface area contributed by atoms with Crippen molar-refractivity contribution in [2.45, 2.75) is 58.3 Å². The van der Waals surface area contributed by atoms with Crippen LogP contribution in [0.25, 0.3) is 0 Å². The smallest absolute Gasteiger partial charge is 0.408 e. The number of hydrogen-bond acceptors (Lipinski definition) is 5. The standard InChI is InChI=1S/C20H32N2O5/c1-20(2,3)27-18(23)17(13-9-10-14-22(4,5)25)21-19(24)26-15-16-11-7-6-8-12-16/h6-8,11-12,17H,9-10,13-15H2,1-5H3,(H,21,24)/t17-/m0/s1. The van der Waals surface area contributed by atoms with Gasteiger partial charge in [-0.1, -0.05) is 30.3 Å².